The summed E-state index contributed by atoms with van der Waals surface area (Å²) in [6.45, 7) is 2.10. The molecule has 0 bridgehead atoms. The Labute approximate surface area is 106 Å². The molecule has 1 unspecified atom stereocenters. The van der Waals surface area contributed by atoms with E-state index in [1.54, 1.807) is 18.2 Å². The Bertz CT molecular complexity index is 391. The molecular formula is C12H16ClN3O. The second-order valence-electron chi connectivity index (χ2n) is 4.29. The van der Waals surface area contributed by atoms with Gasteiger partial charge in [-0.3, -0.25) is 4.79 Å². The van der Waals surface area contributed by atoms with Crippen LogP contribution in [0.5, 0.6) is 0 Å². The van der Waals surface area contributed by atoms with E-state index in [1.165, 1.54) is 6.42 Å². The number of carbonyl (C=O) groups excluding carboxylic acids is 1. The number of carbonyl (C=O) groups is 1. The van der Waals surface area contributed by atoms with Crippen molar-refractivity contribution in [2.45, 2.75) is 19.3 Å². The molecule has 1 atom stereocenters. The monoisotopic (exact) mass is 253 g/mol. The third-order valence-electron chi connectivity index (χ3n) is 2.92. The van der Waals surface area contributed by atoms with Crippen molar-refractivity contribution in [2.75, 3.05) is 18.4 Å². The molecule has 2 N–H and O–H groups in total. The molecule has 0 spiro atoms. The van der Waals surface area contributed by atoms with E-state index < -0.39 is 0 Å². The molecule has 2 rings (SSSR count). The first-order valence-corrected chi connectivity index (χ1v) is 6.25. The molecule has 0 saturated carbocycles. The molecule has 1 fully saturated rings. The fourth-order valence-corrected chi connectivity index (χ4v) is 2.14. The lowest BCUT2D eigenvalue weighted by Crippen LogP contribution is -2.15. The molecule has 1 amide bonds. The van der Waals surface area contributed by atoms with Crippen molar-refractivity contribution in [3.8, 4) is 0 Å². The average molecular weight is 254 g/mol. The number of hydrogen-bond acceptors (Lipinski definition) is 3. The number of halogens is 1. The summed E-state index contributed by atoms with van der Waals surface area (Å²) in [5.74, 6) is 1.16. The van der Waals surface area contributed by atoms with Crippen LogP contribution in [0.15, 0.2) is 18.2 Å². The molecule has 4 nitrogen and oxygen atoms in total. The van der Waals surface area contributed by atoms with Gasteiger partial charge in [0, 0.05) is 6.42 Å². The minimum atomic E-state index is 0.00617. The maximum atomic E-state index is 11.7. The highest BCUT2D eigenvalue weighted by molar-refractivity contribution is 6.29. The van der Waals surface area contributed by atoms with Crippen molar-refractivity contribution in [1.82, 2.24) is 10.3 Å². The molecule has 0 aliphatic carbocycles. The van der Waals surface area contributed by atoms with E-state index in [0.29, 0.717) is 23.3 Å². The van der Waals surface area contributed by atoms with E-state index in [-0.39, 0.29) is 5.91 Å². The van der Waals surface area contributed by atoms with Crippen molar-refractivity contribution in [3.63, 3.8) is 0 Å². The molecule has 1 aliphatic rings. The third-order valence-corrected chi connectivity index (χ3v) is 3.14. The minimum absolute atomic E-state index is 0.00617. The molecule has 92 valence electrons. The van der Waals surface area contributed by atoms with Crippen LogP contribution in [0.25, 0.3) is 0 Å². The van der Waals surface area contributed by atoms with E-state index in [0.717, 1.165) is 19.5 Å². The third kappa shape index (κ3) is 3.98. The number of nitrogens with one attached hydrogen (secondary N) is 2. The lowest BCUT2D eigenvalue weighted by molar-refractivity contribution is -0.116. The molecule has 5 heteroatoms. The number of hydrogen-bond donors (Lipinski definition) is 2. The summed E-state index contributed by atoms with van der Waals surface area (Å²) >= 11 is 5.74. The van der Waals surface area contributed by atoms with Crippen molar-refractivity contribution >= 4 is 23.3 Å². The minimum Gasteiger partial charge on any atom is -0.316 e. The van der Waals surface area contributed by atoms with E-state index in [1.807, 2.05) is 0 Å². The lowest BCUT2D eigenvalue weighted by Gasteiger charge is -2.08. The average Bonchev–Trinajstić information content (AvgIpc) is 2.79. The summed E-state index contributed by atoms with van der Waals surface area (Å²) in [5.41, 5.74) is 0. The summed E-state index contributed by atoms with van der Waals surface area (Å²) < 4.78 is 0. The maximum Gasteiger partial charge on any atom is 0.225 e. The number of anilines is 1. The van der Waals surface area contributed by atoms with Crippen molar-refractivity contribution in [1.29, 1.82) is 0 Å². The van der Waals surface area contributed by atoms with Gasteiger partial charge in [-0.1, -0.05) is 17.7 Å². The highest BCUT2D eigenvalue weighted by Gasteiger charge is 2.15. The Morgan fingerprint density at radius 3 is 3.18 bits per heavy atom. The summed E-state index contributed by atoms with van der Waals surface area (Å²) in [5, 5.41) is 6.43. The van der Waals surface area contributed by atoms with E-state index in [2.05, 4.69) is 15.6 Å². The largest absolute Gasteiger partial charge is 0.316 e. The van der Waals surface area contributed by atoms with Crippen LogP contribution in [0, 0.1) is 5.92 Å². The van der Waals surface area contributed by atoms with Crippen LogP contribution in [0.4, 0.5) is 5.82 Å². The molecule has 0 radical (unpaired) electrons. The van der Waals surface area contributed by atoms with Crippen molar-refractivity contribution < 1.29 is 4.79 Å². The lowest BCUT2D eigenvalue weighted by atomic mass is 10.0. The van der Waals surface area contributed by atoms with Crippen LogP contribution in [-0.2, 0) is 4.79 Å². The predicted octanol–water partition coefficient (Wildman–Crippen LogP) is 2.06. The Morgan fingerprint density at radius 2 is 2.47 bits per heavy atom. The second-order valence-corrected chi connectivity index (χ2v) is 4.68. The van der Waals surface area contributed by atoms with Gasteiger partial charge in [0.2, 0.25) is 5.91 Å². The first kappa shape index (κ1) is 12.3. The Balaban J connectivity index is 1.76. The maximum absolute atomic E-state index is 11.7. The van der Waals surface area contributed by atoms with Crippen LogP contribution in [0.3, 0.4) is 0 Å². The number of amides is 1. The molecule has 0 aromatic carbocycles. The SMILES string of the molecule is O=C(CCC1CCNC1)Nc1cccc(Cl)n1. The molecule has 2 heterocycles. The summed E-state index contributed by atoms with van der Waals surface area (Å²) in [6.07, 6.45) is 2.64. The topological polar surface area (TPSA) is 54.0 Å². The van der Waals surface area contributed by atoms with Gasteiger partial charge in [0.05, 0.1) is 0 Å². The van der Waals surface area contributed by atoms with Crippen LogP contribution in [0.1, 0.15) is 19.3 Å². The smallest absolute Gasteiger partial charge is 0.225 e. The number of pyridine rings is 1. The van der Waals surface area contributed by atoms with Crippen LogP contribution in [0.2, 0.25) is 5.15 Å². The zero-order valence-corrected chi connectivity index (χ0v) is 10.3. The van der Waals surface area contributed by atoms with Gasteiger partial charge in [-0.2, -0.15) is 0 Å². The zero-order chi connectivity index (χ0) is 12.1. The van der Waals surface area contributed by atoms with Gasteiger partial charge in [-0.25, -0.2) is 4.98 Å². The first-order chi connectivity index (χ1) is 8.24. The molecular weight excluding hydrogens is 238 g/mol. The van der Waals surface area contributed by atoms with Crippen LogP contribution < -0.4 is 10.6 Å². The zero-order valence-electron chi connectivity index (χ0n) is 9.58. The molecule has 1 aliphatic heterocycles. The van der Waals surface area contributed by atoms with Gasteiger partial charge in [0.25, 0.3) is 0 Å². The summed E-state index contributed by atoms with van der Waals surface area (Å²) in [7, 11) is 0. The van der Waals surface area contributed by atoms with Crippen molar-refractivity contribution in [2.24, 2.45) is 5.92 Å². The molecule has 1 saturated heterocycles. The Morgan fingerprint density at radius 1 is 1.59 bits per heavy atom. The molecule has 1 aromatic rings. The quantitative estimate of drug-likeness (QED) is 0.808. The van der Waals surface area contributed by atoms with Crippen LogP contribution in [-0.4, -0.2) is 24.0 Å². The van der Waals surface area contributed by atoms with Crippen LogP contribution >= 0.6 is 11.6 Å². The van der Waals surface area contributed by atoms with Gasteiger partial charge in [0.1, 0.15) is 11.0 Å². The first-order valence-electron chi connectivity index (χ1n) is 5.87. The number of aromatic nitrogens is 1. The fourth-order valence-electron chi connectivity index (χ4n) is 1.98. The molecule has 17 heavy (non-hydrogen) atoms. The van der Waals surface area contributed by atoms with Crippen molar-refractivity contribution in [3.05, 3.63) is 23.4 Å². The predicted molar refractivity (Wildman–Crippen MR) is 68.1 cm³/mol. The van der Waals surface area contributed by atoms with E-state index in [4.69, 9.17) is 11.6 Å². The van der Waals surface area contributed by atoms with Gasteiger partial charge < -0.3 is 10.6 Å². The normalized spacial score (nSPS) is 19.2. The second kappa shape index (κ2) is 5.98. The van der Waals surface area contributed by atoms with Gasteiger partial charge in [-0.05, 0) is 44.0 Å². The highest BCUT2D eigenvalue weighted by atomic mass is 35.5. The summed E-state index contributed by atoms with van der Waals surface area (Å²) in [4.78, 5) is 15.7. The van der Waals surface area contributed by atoms with Gasteiger partial charge >= 0.3 is 0 Å². The van der Waals surface area contributed by atoms with E-state index in [9.17, 15) is 4.79 Å². The number of rotatable bonds is 4. The number of nitrogens with zero attached hydrogens (tertiary/aromatic N) is 1. The Kier molecular flexibility index (Phi) is 4.34. The Hall–Kier alpha value is -1.13. The molecule has 1 aromatic heterocycles. The fraction of sp³-hybridized carbons (Fsp3) is 0.500. The van der Waals surface area contributed by atoms with E-state index >= 15 is 0 Å². The summed E-state index contributed by atoms with van der Waals surface area (Å²) in [6, 6.07) is 5.19. The van der Waals surface area contributed by atoms with Gasteiger partial charge in [-0.15, -0.1) is 0 Å². The van der Waals surface area contributed by atoms with Gasteiger partial charge in [0.15, 0.2) is 0 Å². The standard InChI is InChI=1S/C12H16ClN3O/c13-10-2-1-3-11(15-10)16-12(17)5-4-9-6-7-14-8-9/h1-3,9,14H,4-8H2,(H,15,16,17). The highest BCUT2D eigenvalue weighted by Crippen LogP contribution is 2.15.